The molecule has 2 saturated carbocycles. The van der Waals surface area contributed by atoms with Crippen LogP contribution in [0.3, 0.4) is 0 Å². The van der Waals surface area contributed by atoms with Gasteiger partial charge in [0.15, 0.2) is 31.1 Å². The predicted octanol–water partition coefficient (Wildman–Crippen LogP) is 1.84. The molecule has 0 bridgehead atoms. The SMILES string of the molecule is CC(C)=CCCC(C)[C@H]1CCC2(C(=O)O)C3=C(CC[C@]12C)[C@@]1(C)CC[C@H](O[C@@H]2OC(C(=O)O)[C@@H](O[C@@H]4OC(C(=O)O)[C@H](O)C(O[C@@H]5OC[C@H](O)C(O)C5O)C4O)C(O)C2O)C(C)(C)C1CC3. The van der Waals surface area contributed by atoms with Gasteiger partial charge in [-0.05, 0) is 112 Å². The Hall–Kier alpha value is -2.63. The molecule has 0 spiro atoms. The first-order valence-electron chi connectivity index (χ1n) is 23.5. The molecule has 66 heavy (non-hydrogen) atoms. The highest BCUT2D eigenvalue weighted by Crippen LogP contribution is 2.73. The lowest BCUT2D eigenvalue weighted by Crippen LogP contribution is -2.67. The largest absolute Gasteiger partial charge is 0.481 e. The zero-order valence-electron chi connectivity index (χ0n) is 38.9. The number of hydrogen-bond acceptors (Lipinski definition) is 16. The summed E-state index contributed by atoms with van der Waals surface area (Å²) < 4.78 is 34.0. The normalized spacial score (nSPS) is 47.2. The van der Waals surface area contributed by atoms with Gasteiger partial charge in [-0.25, -0.2) is 9.59 Å². The van der Waals surface area contributed by atoms with Crippen molar-refractivity contribution in [1.82, 2.24) is 0 Å². The van der Waals surface area contributed by atoms with Crippen molar-refractivity contribution in [2.24, 2.45) is 39.4 Å². The molecule has 0 aromatic rings. The van der Waals surface area contributed by atoms with Crippen molar-refractivity contribution in [2.45, 2.75) is 205 Å². The number of hydrogen-bond donors (Lipinski definition) is 10. The van der Waals surface area contributed by atoms with Gasteiger partial charge in [0.2, 0.25) is 0 Å². The van der Waals surface area contributed by atoms with Crippen LogP contribution in [0.15, 0.2) is 22.8 Å². The van der Waals surface area contributed by atoms with E-state index >= 15 is 0 Å². The molecule has 19 heteroatoms. The minimum Gasteiger partial charge on any atom is -0.481 e. The summed E-state index contributed by atoms with van der Waals surface area (Å²) in [4.78, 5) is 38.7. The van der Waals surface area contributed by atoms with E-state index in [1.54, 1.807) is 0 Å². The van der Waals surface area contributed by atoms with Gasteiger partial charge in [-0.1, -0.05) is 57.4 Å². The second-order valence-electron chi connectivity index (χ2n) is 21.5. The average Bonchev–Trinajstić information content (AvgIpc) is 3.57. The Morgan fingerprint density at radius 3 is 1.95 bits per heavy atom. The lowest BCUT2D eigenvalue weighted by molar-refractivity contribution is -0.372. The fourth-order valence-corrected chi connectivity index (χ4v) is 13.8. The number of rotatable bonds is 13. The van der Waals surface area contributed by atoms with Crippen molar-refractivity contribution in [3.8, 4) is 0 Å². The summed E-state index contributed by atoms with van der Waals surface area (Å²) in [7, 11) is 0. The number of carboxylic acid groups (broad SMARTS) is 3. The fraction of sp³-hybridized carbons (Fsp3) is 0.851. The first-order valence-corrected chi connectivity index (χ1v) is 23.5. The summed E-state index contributed by atoms with van der Waals surface area (Å²) in [5, 5.41) is 107. The number of fused-ring (bicyclic) bond motifs is 4. The highest BCUT2D eigenvalue weighted by atomic mass is 16.8. The third-order valence-electron chi connectivity index (χ3n) is 17.3. The van der Waals surface area contributed by atoms with Crippen LogP contribution in [0.25, 0.3) is 0 Å². The van der Waals surface area contributed by atoms with Crippen LogP contribution in [0.4, 0.5) is 0 Å². The van der Waals surface area contributed by atoms with E-state index < -0.39 is 133 Å². The monoisotopic (exact) mass is 940 g/mol. The molecular formula is C47H72O19. The van der Waals surface area contributed by atoms with Gasteiger partial charge in [-0.3, -0.25) is 4.79 Å². The van der Waals surface area contributed by atoms with E-state index in [-0.39, 0.29) is 17.3 Å². The second kappa shape index (κ2) is 18.9. The molecule has 0 aromatic heterocycles. The maximum absolute atomic E-state index is 13.8. The van der Waals surface area contributed by atoms with Crippen LogP contribution in [0, 0.1) is 39.4 Å². The van der Waals surface area contributed by atoms with Crippen LogP contribution in [-0.4, -0.2) is 168 Å². The van der Waals surface area contributed by atoms with Crippen LogP contribution in [0.2, 0.25) is 0 Å². The summed E-state index contributed by atoms with van der Waals surface area (Å²) >= 11 is 0. The molecule has 3 aliphatic heterocycles. The number of allylic oxidation sites excluding steroid dienone is 3. The molecular weight excluding hydrogens is 868 g/mol. The molecule has 7 aliphatic rings. The third kappa shape index (κ3) is 8.48. The zero-order valence-corrected chi connectivity index (χ0v) is 38.9. The molecule has 5 fully saturated rings. The van der Waals surface area contributed by atoms with Crippen molar-refractivity contribution in [2.75, 3.05) is 6.61 Å². The highest BCUT2D eigenvalue weighted by Gasteiger charge is 2.69. The Morgan fingerprint density at radius 2 is 1.32 bits per heavy atom. The van der Waals surface area contributed by atoms with Gasteiger partial charge in [-0.15, -0.1) is 0 Å². The quantitative estimate of drug-likeness (QED) is 0.118. The first kappa shape index (κ1) is 51.2. The molecule has 10 N–H and O–H groups in total. The van der Waals surface area contributed by atoms with Gasteiger partial charge in [0.25, 0.3) is 0 Å². The minimum atomic E-state index is -2.18. The molecule has 3 saturated heterocycles. The van der Waals surface area contributed by atoms with Crippen molar-refractivity contribution in [1.29, 1.82) is 0 Å². The van der Waals surface area contributed by atoms with Crippen molar-refractivity contribution >= 4 is 17.9 Å². The van der Waals surface area contributed by atoms with Crippen LogP contribution in [0.5, 0.6) is 0 Å². The summed E-state index contributed by atoms with van der Waals surface area (Å²) in [5.74, 6) is -3.52. The van der Waals surface area contributed by atoms with Crippen LogP contribution in [-0.2, 0) is 42.8 Å². The van der Waals surface area contributed by atoms with Gasteiger partial charge in [-0.2, -0.15) is 0 Å². The van der Waals surface area contributed by atoms with E-state index in [1.807, 2.05) is 13.8 Å². The van der Waals surface area contributed by atoms with E-state index in [9.17, 15) is 65.4 Å². The average molecular weight is 941 g/mol. The van der Waals surface area contributed by atoms with E-state index in [2.05, 4.69) is 40.7 Å². The molecule has 0 amide bonds. The maximum Gasteiger partial charge on any atom is 0.335 e. The Morgan fingerprint density at radius 1 is 0.697 bits per heavy atom. The molecule has 0 aromatic carbocycles. The summed E-state index contributed by atoms with van der Waals surface area (Å²) in [5.41, 5.74) is 1.27. The molecule has 374 valence electrons. The van der Waals surface area contributed by atoms with Gasteiger partial charge < -0.3 is 79.5 Å². The summed E-state index contributed by atoms with van der Waals surface area (Å²) in [6.07, 6.45) is -18.3. The fourth-order valence-electron chi connectivity index (χ4n) is 13.8. The number of ether oxygens (including phenoxy) is 6. The lowest BCUT2D eigenvalue weighted by Gasteiger charge is -2.62. The first-order chi connectivity index (χ1) is 30.8. The summed E-state index contributed by atoms with van der Waals surface area (Å²) in [6, 6.07) is 0. The minimum absolute atomic E-state index is 0.000919. The van der Waals surface area contributed by atoms with Gasteiger partial charge in [0.1, 0.15) is 54.9 Å². The highest BCUT2D eigenvalue weighted by molar-refractivity contribution is 5.82. The van der Waals surface area contributed by atoms with Crippen LogP contribution >= 0.6 is 0 Å². The molecule has 11 unspecified atom stereocenters. The standard InChI is InChI=1S/C47H72O19/c1-20(2)9-8-10-21(3)22-14-18-47(43(59)60)24-11-12-26-44(4,5)27(15-16-45(26,6)23(24)13-17-46(22,47)7)62-41-31(52)29(50)35(37(66-41)39(57)58)64-42-33(54)34(32(53)36(65-42)38(55)56)63-40-30(51)28(49)25(48)19-61-40/h9,21-22,25-37,40-42,48-54H,8,10-19H2,1-7H3,(H,55,56)(H,57,58)(H,59,60)/t21?,22-,25+,26?,27+,28?,29?,30?,31?,32-,33?,34?,35+,36?,37?,40+,41-,42-,45-,46-,47?/m1/s1. The number of aliphatic carboxylic acids is 3. The van der Waals surface area contributed by atoms with E-state index in [0.29, 0.717) is 38.0 Å². The van der Waals surface area contributed by atoms with Gasteiger partial charge >= 0.3 is 17.9 Å². The van der Waals surface area contributed by atoms with Gasteiger partial charge in [0.05, 0.1) is 18.1 Å². The molecule has 3 heterocycles. The van der Waals surface area contributed by atoms with Crippen LogP contribution in [0.1, 0.15) is 113 Å². The summed E-state index contributed by atoms with van der Waals surface area (Å²) in [6.45, 7) is 14.5. The number of carboxylic acids is 3. The van der Waals surface area contributed by atoms with Crippen molar-refractivity contribution < 1.29 is 93.9 Å². The Labute approximate surface area is 384 Å². The Balaban J connectivity index is 1.07. The van der Waals surface area contributed by atoms with E-state index in [0.717, 1.165) is 37.7 Å². The van der Waals surface area contributed by atoms with Crippen molar-refractivity contribution in [3.05, 3.63) is 22.8 Å². The molecule has 4 aliphatic carbocycles. The smallest absolute Gasteiger partial charge is 0.335 e. The van der Waals surface area contributed by atoms with Crippen LogP contribution < -0.4 is 0 Å². The molecule has 0 radical (unpaired) electrons. The molecule has 21 atom stereocenters. The topological polar surface area (TPSA) is 309 Å². The molecule has 19 nitrogen and oxygen atoms in total. The Bertz CT molecular complexity index is 1880. The van der Waals surface area contributed by atoms with E-state index in [4.69, 9.17) is 28.4 Å². The predicted molar refractivity (Wildman–Crippen MR) is 228 cm³/mol. The van der Waals surface area contributed by atoms with E-state index in [1.165, 1.54) is 11.1 Å². The maximum atomic E-state index is 13.8. The number of aliphatic hydroxyl groups is 7. The Kier molecular flexibility index (Phi) is 14.7. The van der Waals surface area contributed by atoms with Crippen molar-refractivity contribution in [3.63, 3.8) is 0 Å². The number of aliphatic hydroxyl groups excluding tert-OH is 7. The number of carbonyl (C=O) groups is 3. The second-order valence-corrected chi connectivity index (χ2v) is 21.5. The third-order valence-corrected chi connectivity index (χ3v) is 17.3. The zero-order chi connectivity index (χ0) is 48.6. The molecule has 7 rings (SSSR count). The lowest BCUT2D eigenvalue weighted by atomic mass is 9.43. The van der Waals surface area contributed by atoms with Gasteiger partial charge in [0, 0.05) is 0 Å².